The summed E-state index contributed by atoms with van der Waals surface area (Å²) >= 11 is 3.37. The number of carbonyl (C=O) groups is 1. The second-order valence-electron chi connectivity index (χ2n) is 3.50. The van der Waals surface area contributed by atoms with Crippen molar-refractivity contribution in [1.29, 1.82) is 0 Å². The zero-order chi connectivity index (χ0) is 12.4. The molecule has 2 rings (SSSR count). The number of oxime groups is 1. The molecule has 0 radical (unpaired) electrons. The predicted molar refractivity (Wildman–Crippen MR) is 67.9 cm³/mol. The lowest BCUT2D eigenvalue weighted by Crippen LogP contribution is -2.02. The highest BCUT2D eigenvalue weighted by atomic mass is 79.9. The maximum Gasteiger partial charge on any atom is 0.367 e. The topological polar surface area (TPSA) is 47.9 Å². The summed E-state index contributed by atoms with van der Waals surface area (Å²) in [4.78, 5) is 16.0. The fourth-order valence-electron chi connectivity index (χ4n) is 1.49. The van der Waals surface area contributed by atoms with E-state index >= 15 is 0 Å². The van der Waals surface area contributed by atoms with E-state index in [1.54, 1.807) is 20.1 Å². The van der Waals surface area contributed by atoms with E-state index in [9.17, 15) is 4.79 Å². The van der Waals surface area contributed by atoms with E-state index in [0.717, 1.165) is 10.0 Å². The molecule has 0 spiro atoms. The van der Waals surface area contributed by atoms with Gasteiger partial charge in [0.15, 0.2) is 0 Å². The van der Waals surface area contributed by atoms with Crippen molar-refractivity contribution in [3.05, 3.63) is 33.8 Å². The molecule has 0 unspecified atom stereocenters. The number of carbonyl (C=O) groups excluding carboxylic acids is 1. The van der Waals surface area contributed by atoms with Crippen molar-refractivity contribution < 1.29 is 14.4 Å². The lowest BCUT2D eigenvalue weighted by Gasteiger charge is -2.05. The summed E-state index contributed by atoms with van der Waals surface area (Å²) in [5, 5.41) is 3.62. The molecular weight excluding hydrogens is 286 g/mol. The van der Waals surface area contributed by atoms with Crippen LogP contribution in [0.2, 0.25) is 0 Å². The van der Waals surface area contributed by atoms with Crippen molar-refractivity contribution in [3.8, 4) is 5.75 Å². The minimum atomic E-state index is -0.440. The van der Waals surface area contributed by atoms with E-state index in [4.69, 9.17) is 4.74 Å². The summed E-state index contributed by atoms with van der Waals surface area (Å²) < 4.78 is 6.13. The van der Waals surface area contributed by atoms with Gasteiger partial charge in [-0.2, -0.15) is 0 Å². The molecule has 1 aromatic rings. The van der Waals surface area contributed by atoms with Crippen LogP contribution in [0.15, 0.2) is 33.4 Å². The molecule has 0 N–H and O–H groups in total. The van der Waals surface area contributed by atoms with Crippen LogP contribution in [0.3, 0.4) is 0 Å². The summed E-state index contributed by atoms with van der Waals surface area (Å²) in [6.45, 7) is 1.72. The first kappa shape index (κ1) is 11.9. The van der Waals surface area contributed by atoms with Gasteiger partial charge in [-0.15, -0.1) is 0 Å². The largest absolute Gasteiger partial charge is 0.496 e. The molecule has 0 aromatic heterocycles. The van der Waals surface area contributed by atoms with E-state index in [0.29, 0.717) is 17.0 Å². The Morgan fingerprint density at radius 2 is 2.24 bits per heavy atom. The predicted octanol–water partition coefficient (Wildman–Crippen LogP) is 2.77. The highest BCUT2D eigenvalue weighted by molar-refractivity contribution is 9.10. The van der Waals surface area contributed by atoms with E-state index in [-0.39, 0.29) is 0 Å². The van der Waals surface area contributed by atoms with Crippen molar-refractivity contribution in [3.63, 3.8) is 0 Å². The van der Waals surface area contributed by atoms with Gasteiger partial charge in [-0.1, -0.05) is 21.1 Å². The van der Waals surface area contributed by atoms with Gasteiger partial charge >= 0.3 is 5.97 Å². The summed E-state index contributed by atoms with van der Waals surface area (Å²) in [5.41, 5.74) is 1.81. The highest BCUT2D eigenvalue weighted by Crippen LogP contribution is 2.26. The minimum absolute atomic E-state index is 0.440. The van der Waals surface area contributed by atoms with Crippen molar-refractivity contribution in [2.45, 2.75) is 6.92 Å². The molecule has 1 aliphatic heterocycles. The Morgan fingerprint density at radius 1 is 1.47 bits per heavy atom. The number of hydrogen-bond donors (Lipinski definition) is 0. The van der Waals surface area contributed by atoms with Gasteiger partial charge in [0.1, 0.15) is 5.75 Å². The molecule has 0 bridgehead atoms. The van der Waals surface area contributed by atoms with Crippen LogP contribution in [0.25, 0.3) is 6.08 Å². The first-order valence-corrected chi connectivity index (χ1v) is 5.72. The maximum atomic E-state index is 11.4. The van der Waals surface area contributed by atoms with Crippen LogP contribution in [0.5, 0.6) is 5.75 Å². The second kappa shape index (κ2) is 4.71. The Hall–Kier alpha value is -1.62. The van der Waals surface area contributed by atoms with Crippen molar-refractivity contribution in [1.82, 2.24) is 0 Å². The molecule has 1 aliphatic rings. The first-order chi connectivity index (χ1) is 8.11. The molecule has 0 fully saturated rings. The summed E-state index contributed by atoms with van der Waals surface area (Å²) in [7, 11) is 1.58. The van der Waals surface area contributed by atoms with E-state index < -0.39 is 5.97 Å². The van der Waals surface area contributed by atoms with Crippen molar-refractivity contribution in [2.24, 2.45) is 5.16 Å². The monoisotopic (exact) mass is 295 g/mol. The fraction of sp³-hybridized carbons (Fsp3) is 0.167. The Kier molecular flexibility index (Phi) is 3.28. The first-order valence-electron chi connectivity index (χ1n) is 4.93. The maximum absolute atomic E-state index is 11.4. The van der Waals surface area contributed by atoms with Crippen LogP contribution in [-0.4, -0.2) is 18.8 Å². The van der Waals surface area contributed by atoms with Crippen LogP contribution in [0, 0.1) is 0 Å². The average Bonchev–Trinajstić information content (AvgIpc) is 2.61. The molecule has 1 heterocycles. The van der Waals surface area contributed by atoms with Crippen LogP contribution >= 0.6 is 15.9 Å². The third kappa shape index (κ3) is 2.39. The molecule has 88 valence electrons. The molecule has 0 saturated carbocycles. The Morgan fingerprint density at radius 3 is 2.82 bits per heavy atom. The summed E-state index contributed by atoms with van der Waals surface area (Å²) in [5.74, 6) is 0.248. The smallest absolute Gasteiger partial charge is 0.367 e. The quantitative estimate of drug-likeness (QED) is 0.623. The molecule has 17 heavy (non-hydrogen) atoms. The molecule has 0 amide bonds. The van der Waals surface area contributed by atoms with Crippen LogP contribution < -0.4 is 4.74 Å². The molecule has 4 nitrogen and oxygen atoms in total. The molecule has 0 aliphatic carbocycles. The average molecular weight is 296 g/mol. The van der Waals surface area contributed by atoms with Gasteiger partial charge in [0.05, 0.1) is 18.4 Å². The van der Waals surface area contributed by atoms with Gasteiger partial charge in [0.2, 0.25) is 0 Å². The number of methoxy groups -OCH3 is 1. The third-order valence-corrected chi connectivity index (χ3v) is 2.86. The zero-order valence-corrected chi connectivity index (χ0v) is 10.9. The van der Waals surface area contributed by atoms with Gasteiger partial charge in [-0.3, -0.25) is 0 Å². The van der Waals surface area contributed by atoms with Gasteiger partial charge in [-0.25, -0.2) is 4.79 Å². The number of benzene rings is 1. The molecular formula is C12H10BrNO3. The molecule has 5 heteroatoms. The van der Waals surface area contributed by atoms with Gasteiger partial charge in [-0.05, 0) is 31.2 Å². The normalized spacial score (nSPS) is 17.0. The lowest BCUT2D eigenvalue weighted by atomic mass is 10.1. The lowest BCUT2D eigenvalue weighted by molar-refractivity contribution is -0.136. The third-order valence-electron chi connectivity index (χ3n) is 2.37. The summed E-state index contributed by atoms with van der Waals surface area (Å²) in [6, 6.07) is 5.56. The van der Waals surface area contributed by atoms with Crippen LogP contribution in [-0.2, 0) is 9.63 Å². The van der Waals surface area contributed by atoms with E-state index in [1.807, 2.05) is 18.2 Å². The number of rotatable bonds is 2. The standard InChI is InChI=1S/C12H10BrNO3/c1-7-10(12(15)17-14-7)6-8-5-9(13)3-4-11(8)16-2/h3-6H,1-2H3. The van der Waals surface area contributed by atoms with E-state index in [2.05, 4.69) is 25.9 Å². The van der Waals surface area contributed by atoms with E-state index in [1.165, 1.54) is 0 Å². The van der Waals surface area contributed by atoms with Crippen LogP contribution in [0.1, 0.15) is 12.5 Å². The number of halogens is 1. The number of nitrogens with zero attached hydrogens (tertiary/aromatic N) is 1. The SMILES string of the molecule is COc1ccc(Br)cc1C=C1C(=O)ON=C1C. The number of ether oxygens (including phenoxy) is 1. The fourth-order valence-corrected chi connectivity index (χ4v) is 1.87. The van der Waals surface area contributed by atoms with Gasteiger partial charge in [0.25, 0.3) is 0 Å². The second-order valence-corrected chi connectivity index (χ2v) is 4.42. The summed E-state index contributed by atoms with van der Waals surface area (Å²) in [6.07, 6.45) is 1.71. The highest BCUT2D eigenvalue weighted by Gasteiger charge is 2.22. The zero-order valence-electron chi connectivity index (χ0n) is 9.36. The molecule has 0 atom stereocenters. The minimum Gasteiger partial charge on any atom is -0.496 e. The van der Waals surface area contributed by atoms with Gasteiger partial charge < -0.3 is 9.57 Å². The molecule has 0 saturated heterocycles. The van der Waals surface area contributed by atoms with Crippen LogP contribution in [0.4, 0.5) is 0 Å². The van der Waals surface area contributed by atoms with Crippen molar-refractivity contribution >= 4 is 33.7 Å². The van der Waals surface area contributed by atoms with Crippen molar-refractivity contribution in [2.75, 3.05) is 7.11 Å². The Balaban J connectivity index is 2.48. The number of hydrogen-bond acceptors (Lipinski definition) is 4. The molecule has 1 aromatic carbocycles. The Bertz CT molecular complexity index is 535. The van der Waals surface area contributed by atoms with Gasteiger partial charge in [0, 0.05) is 10.0 Å². The Labute approximate surface area is 107 Å².